The van der Waals surface area contributed by atoms with Crippen LogP contribution in [0.5, 0.6) is 5.75 Å². The zero-order valence-electron chi connectivity index (χ0n) is 33.9. The van der Waals surface area contributed by atoms with Gasteiger partial charge in [0, 0.05) is 69.7 Å². The molecule has 0 spiro atoms. The van der Waals surface area contributed by atoms with Crippen LogP contribution in [-0.2, 0) is 30.3 Å². The summed E-state index contributed by atoms with van der Waals surface area (Å²) in [6, 6.07) is 19.0. The quantitative estimate of drug-likeness (QED) is 0.0858. The first-order chi connectivity index (χ1) is 24.5. The van der Waals surface area contributed by atoms with Gasteiger partial charge in [-0.05, 0) is 49.5 Å². The van der Waals surface area contributed by atoms with Crippen LogP contribution in [0.3, 0.4) is 0 Å². The molecule has 0 aliphatic carbocycles. The predicted octanol–water partition coefficient (Wildman–Crippen LogP) is 13.3. The Bertz CT molecular complexity index is 2100. The summed E-state index contributed by atoms with van der Waals surface area (Å²) in [5.41, 5.74) is 3.96. The van der Waals surface area contributed by atoms with E-state index in [0.29, 0.717) is 11.8 Å². The number of hydrogen-bond donors (Lipinski definition) is 1. The fraction of sp³-hybridized carbons (Fsp3) is 0.500. The second-order valence-electron chi connectivity index (χ2n) is 16.8. The second kappa shape index (κ2) is 16.7. The molecule has 6 rings (SSSR count). The van der Waals surface area contributed by atoms with E-state index in [1.807, 2.05) is 41.5 Å². The van der Waals surface area contributed by atoms with Crippen molar-refractivity contribution in [3.63, 3.8) is 0 Å². The molecule has 0 saturated carbocycles. The van der Waals surface area contributed by atoms with Gasteiger partial charge in [-0.3, -0.25) is 9.78 Å². The largest absolute Gasteiger partial charge is 0.512 e. The molecule has 2 unspecified atom stereocenters. The van der Waals surface area contributed by atoms with Crippen LogP contribution in [0.15, 0.2) is 60.6 Å². The first-order valence-corrected chi connectivity index (χ1v) is 20.1. The van der Waals surface area contributed by atoms with Crippen molar-refractivity contribution in [3.05, 3.63) is 77.8 Å². The SMILES string of the molecule is CC(C)CC1Oc2c(ccc3sc4ncnc(-c5[c-]c6ccccc6c(C(C)(C)C)c5)c4c23)C1C.CCC(C)(CC)C(=O)/C=C(\O)C(C)(CC)CC.[Ir]. The van der Waals surface area contributed by atoms with Gasteiger partial charge in [-0.15, -0.1) is 40.5 Å². The first-order valence-electron chi connectivity index (χ1n) is 19.3. The maximum Gasteiger partial charge on any atom is 0.164 e. The number of ketones is 1. The number of nitrogens with zero attached hydrogens (tertiary/aromatic N) is 2. The summed E-state index contributed by atoms with van der Waals surface area (Å²) < 4.78 is 7.89. The molecular weight excluding hydrogens is 853 g/mol. The third-order valence-corrected chi connectivity index (χ3v) is 12.9. The van der Waals surface area contributed by atoms with Crippen LogP contribution in [0.1, 0.15) is 132 Å². The minimum absolute atomic E-state index is 0. The topological polar surface area (TPSA) is 72.3 Å². The Morgan fingerprint density at radius 3 is 2.19 bits per heavy atom. The van der Waals surface area contributed by atoms with Gasteiger partial charge in [0.05, 0.1) is 0 Å². The van der Waals surface area contributed by atoms with Crippen LogP contribution in [0.4, 0.5) is 0 Å². The average molecular weight is 912 g/mol. The number of ether oxygens (including phenoxy) is 1. The van der Waals surface area contributed by atoms with Crippen LogP contribution in [0.25, 0.3) is 42.3 Å². The number of thiophene rings is 1. The van der Waals surface area contributed by atoms with Crippen LogP contribution in [-0.4, -0.2) is 27.0 Å². The van der Waals surface area contributed by atoms with E-state index < -0.39 is 0 Å². The number of allylic oxidation sites excluding steroid dienone is 2. The van der Waals surface area contributed by atoms with Gasteiger partial charge in [-0.2, -0.15) is 0 Å². The van der Waals surface area contributed by atoms with Gasteiger partial charge in [0.1, 0.15) is 28.8 Å². The average Bonchev–Trinajstić information content (AvgIpc) is 3.66. The van der Waals surface area contributed by atoms with Gasteiger partial charge in [0.25, 0.3) is 0 Å². The molecule has 3 aromatic carbocycles. The molecule has 1 N–H and O–H groups in total. The van der Waals surface area contributed by atoms with E-state index in [4.69, 9.17) is 9.72 Å². The Hall–Kier alpha value is -3.12. The first kappa shape index (κ1) is 42.6. The van der Waals surface area contributed by atoms with Gasteiger partial charge < -0.3 is 9.84 Å². The Balaban J connectivity index is 0.000000299. The van der Waals surface area contributed by atoms with E-state index >= 15 is 0 Å². The van der Waals surface area contributed by atoms with Gasteiger partial charge in [0.2, 0.25) is 0 Å². The van der Waals surface area contributed by atoms with Crippen molar-refractivity contribution in [1.29, 1.82) is 0 Å². The Morgan fingerprint density at radius 1 is 0.943 bits per heavy atom. The molecule has 0 amide bonds. The fourth-order valence-corrected chi connectivity index (χ4v) is 8.24. The number of carbonyl (C=O) groups is 1. The monoisotopic (exact) mass is 912 g/mol. The molecule has 1 radical (unpaired) electrons. The Labute approximate surface area is 335 Å². The Kier molecular flexibility index (Phi) is 13.4. The van der Waals surface area contributed by atoms with Crippen LogP contribution < -0.4 is 4.74 Å². The zero-order valence-corrected chi connectivity index (χ0v) is 37.1. The molecule has 1 aliphatic heterocycles. The zero-order chi connectivity index (χ0) is 38.2. The molecule has 0 saturated heterocycles. The van der Waals surface area contributed by atoms with Crippen LogP contribution >= 0.6 is 11.3 Å². The van der Waals surface area contributed by atoms with Crippen molar-refractivity contribution < 1.29 is 34.7 Å². The second-order valence-corrected chi connectivity index (χ2v) is 17.8. The summed E-state index contributed by atoms with van der Waals surface area (Å²) in [6.07, 6.45) is 7.71. The van der Waals surface area contributed by atoms with Gasteiger partial charge in [-0.1, -0.05) is 118 Å². The molecule has 53 heavy (non-hydrogen) atoms. The summed E-state index contributed by atoms with van der Waals surface area (Å²) in [4.78, 5) is 22.7. The third-order valence-electron chi connectivity index (χ3n) is 11.9. The minimum atomic E-state index is -0.337. The van der Waals surface area contributed by atoms with Crippen molar-refractivity contribution >= 4 is 48.2 Å². The van der Waals surface area contributed by atoms with Crippen molar-refractivity contribution in [2.45, 2.75) is 133 Å². The van der Waals surface area contributed by atoms with E-state index in [0.717, 1.165) is 70.1 Å². The molecule has 2 aromatic heterocycles. The molecule has 3 heterocycles. The number of hydrogen-bond acceptors (Lipinski definition) is 6. The molecule has 7 heteroatoms. The normalized spacial score (nSPS) is 16.4. The van der Waals surface area contributed by atoms with Crippen molar-refractivity contribution in [1.82, 2.24) is 9.97 Å². The molecule has 0 fully saturated rings. The molecular formula is C46H59IrN2O3S-. The number of aliphatic hydroxyl groups is 1. The molecule has 5 nitrogen and oxygen atoms in total. The van der Waals surface area contributed by atoms with Crippen molar-refractivity contribution in [3.8, 4) is 17.0 Å². The smallest absolute Gasteiger partial charge is 0.164 e. The summed E-state index contributed by atoms with van der Waals surface area (Å²) in [5.74, 6) is 2.28. The molecule has 2 atom stereocenters. The number of aliphatic hydroxyl groups excluding tert-OH is 1. The summed E-state index contributed by atoms with van der Waals surface area (Å²) >= 11 is 1.72. The number of rotatable bonds is 10. The van der Waals surface area contributed by atoms with Gasteiger partial charge in [0.15, 0.2) is 5.78 Å². The summed E-state index contributed by atoms with van der Waals surface area (Å²) in [5, 5.41) is 14.8. The standard InChI is InChI=1S/C31H31N2OS.C15H28O2.Ir/c1-17(2)13-24-18(3)21-11-12-25-26(29(21)34-24)27-28(32-16-33-30(27)35-25)20-14-19-9-7-8-10-22(19)23(15-20)31(4,5)6;1-7-14(5,8-2)12(16)11-13(17)15(6,9-3)10-4;/h7-12,15-18,24H,13H2,1-6H3;11,16H,7-10H2,1-6H3;/q-1;;/b;12-11-;. The Morgan fingerprint density at radius 2 is 1.58 bits per heavy atom. The van der Waals surface area contributed by atoms with E-state index in [1.165, 1.54) is 27.3 Å². The van der Waals surface area contributed by atoms with Gasteiger partial charge >= 0.3 is 0 Å². The maximum absolute atomic E-state index is 12.2. The third kappa shape index (κ3) is 8.43. The molecule has 1 aliphatic rings. The van der Waals surface area contributed by atoms with Crippen LogP contribution in [0.2, 0.25) is 0 Å². The molecule has 287 valence electrons. The van der Waals surface area contributed by atoms with Crippen molar-refractivity contribution in [2.24, 2.45) is 16.7 Å². The fourth-order valence-electron chi connectivity index (χ4n) is 7.20. The number of benzene rings is 3. The maximum atomic E-state index is 12.2. The van der Waals surface area contributed by atoms with E-state index in [2.05, 4.69) is 95.1 Å². The molecule has 5 aromatic rings. The minimum Gasteiger partial charge on any atom is -0.512 e. The van der Waals surface area contributed by atoms with Crippen molar-refractivity contribution in [2.75, 3.05) is 0 Å². The number of fused-ring (bicyclic) bond motifs is 6. The van der Waals surface area contributed by atoms with Crippen LogP contribution in [0, 0.1) is 22.8 Å². The van der Waals surface area contributed by atoms with Gasteiger partial charge in [-0.25, -0.2) is 4.98 Å². The summed E-state index contributed by atoms with van der Waals surface area (Å²) in [7, 11) is 0. The van der Waals surface area contributed by atoms with E-state index in [-0.39, 0.29) is 54.0 Å². The molecule has 0 bridgehead atoms. The van der Waals surface area contributed by atoms with E-state index in [9.17, 15) is 9.90 Å². The van der Waals surface area contributed by atoms with E-state index in [1.54, 1.807) is 17.7 Å². The number of aromatic nitrogens is 2. The number of carbonyl (C=O) groups excluding carboxylic acids is 1. The predicted molar refractivity (Wildman–Crippen MR) is 221 cm³/mol. The summed E-state index contributed by atoms with van der Waals surface area (Å²) in [6.45, 7) is 25.7.